The first-order valence-electron chi connectivity index (χ1n) is 7.57. The van der Waals surface area contributed by atoms with Crippen LogP contribution in [0.1, 0.15) is 24.0 Å². The molecule has 1 aliphatic carbocycles. The standard InChI is InChI=1S/C18H16ClNO3/c1-11-13(19)3-2-4-14(11)20-17(21)18(7-8-18)12-5-6-15-16(9-12)23-10-22-15/h2-6,9H,7-8,10H2,1H3,(H,20,21). The van der Waals surface area contributed by atoms with Crippen molar-refractivity contribution in [3.63, 3.8) is 0 Å². The number of carbonyl (C=O) groups excluding carboxylic acids is 1. The average Bonchev–Trinajstić information content (AvgIpc) is 3.23. The van der Waals surface area contributed by atoms with Crippen LogP contribution in [0.25, 0.3) is 0 Å². The highest BCUT2D eigenvalue weighted by atomic mass is 35.5. The lowest BCUT2D eigenvalue weighted by molar-refractivity contribution is -0.118. The molecule has 1 N–H and O–H groups in total. The Hall–Kier alpha value is -2.20. The molecule has 0 bridgehead atoms. The number of ether oxygens (including phenoxy) is 2. The predicted octanol–water partition coefficient (Wildman–Crippen LogP) is 4.05. The van der Waals surface area contributed by atoms with E-state index < -0.39 is 5.41 Å². The lowest BCUT2D eigenvalue weighted by Crippen LogP contribution is -2.28. The zero-order valence-electron chi connectivity index (χ0n) is 12.7. The van der Waals surface area contributed by atoms with Crippen molar-refractivity contribution in [3.05, 3.63) is 52.5 Å². The monoisotopic (exact) mass is 329 g/mol. The molecular weight excluding hydrogens is 314 g/mol. The maximum absolute atomic E-state index is 12.8. The molecule has 23 heavy (non-hydrogen) atoms. The van der Waals surface area contributed by atoms with Crippen LogP contribution < -0.4 is 14.8 Å². The number of hydrogen-bond donors (Lipinski definition) is 1. The van der Waals surface area contributed by atoms with Gasteiger partial charge in [-0.1, -0.05) is 23.7 Å². The van der Waals surface area contributed by atoms with Crippen LogP contribution in [0.4, 0.5) is 5.69 Å². The summed E-state index contributed by atoms with van der Waals surface area (Å²) in [6, 6.07) is 11.3. The van der Waals surface area contributed by atoms with Gasteiger partial charge in [-0.05, 0) is 55.2 Å². The molecule has 1 heterocycles. The highest BCUT2D eigenvalue weighted by molar-refractivity contribution is 6.31. The number of halogens is 1. The summed E-state index contributed by atoms with van der Waals surface area (Å²) in [5.41, 5.74) is 2.13. The third kappa shape index (κ3) is 2.34. The van der Waals surface area contributed by atoms with Gasteiger partial charge in [-0.3, -0.25) is 4.79 Å². The van der Waals surface area contributed by atoms with E-state index in [4.69, 9.17) is 21.1 Å². The third-order valence-electron chi connectivity index (χ3n) is 4.63. The molecule has 0 aromatic heterocycles. The molecule has 4 rings (SSSR count). The van der Waals surface area contributed by atoms with Gasteiger partial charge in [0, 0.05) is 10.7 Å². The molecule has 0 atom stereocenters. The highest BCUT2D eigenvalue weighted by Gasteiger charge is 2.51. The summed E-state index contributed by atoms with van der Waals surface area (Å²) in [7, 11) is 0. The number of fused-ring (bicyclic) bond motifs is 1. The van der Waals surface area contributed by atoms with Gasteiger partial charge in [0.2, 0.25) is 12.7 Å². The van der Waals surface area contributed by atoms with Gasteiger partial charge in [0.25, 0.3) is 0 Å². The quantitative estimate of drug-likeness (QED) is 0.924. The van der Waals surface area contributed by atoms with Gasteiger partial charge in [0.1, 0.15) is 0 Å². The van der Waals surface area contributed by atoms with Crippen LogP contribution >= 0.6 is 11.6 Å². The molecule has 0 saturated heterocycles. The molecule has 4 nitrogen and oxygen atoms in total. The van der Waals surface area contributed by atoms with Crippen molar-refractivity contribution in [2.45, 2.75) is 25.2 Å². The summed E-state index contributed by atoms with van der Waals surface area (Å²) in [4.78, 5) is 12.8. The van der Waals surface area contributed by atoms with E-state index in [9.17, 15) is 4.79 Å². The van der Waals surface area contributed by atoms with Crippen LogP contribution in [0.2, 0.25) is 5.02 Å². The van der Waals surface area contributed by atoms with Gasteiger partial charge in [0.05, 0.1) is 5.41 Å². The van der Waals surface area contributed by atoms with E-state index in [2.05, 4.69) is 5.32 Å². The number of anilines is 1. The van der Waals surface area contributed by atoms with Crippen molar-refractivity contribution in [1.29, 1.82) is 0 Å². The van der Waals surface area contributed by atoms with Crippen molar-refractivity contribution in [3.8, 4) is 11.5 Å². The maximum Gasteiger partial charge on any atom is 0.235 e. The van der Waals surface area contributed by atoms with Gasteiger partial charge < -0.3 is 14.8 Å². The van der Waals surface area contributed by atoms with Crippen LogP contribution in [0.5, 0.6) is 11.5 Å². The summed E-state index contributed by atoms with van der Waals surface area (Å²) in [5, 5.41) is 3.67. The Bertz CT molecular complexity index is 799. The SMILES string of the molecule is Cc1c(Cl)cccc1NC(=O)C1(c2ccc3c(c2)OCO3)CC1. The molecule has 118 valence electrons. The first-order valence-corrected chi connectivity index (χ1v) is 7.95. The van der Waals surface area contributed by atoms with Crippen LogP contribution in [-0.2, 0) is 10.2 Å². The molecular formula is C18H16ClNO3. The Morgan fingerprint density at radius 3 is 2.74 bits per heavy atom. The Balaban J connectivity index is 1.62. The summed E-state index contributed by atoms with van der Waals surface area (Å²) in [5.74, 6) is 1.44. The number of amides is 1. The van der Waals surface area contributed by atoms with Crippen molar-refractivity contribution in [2.24, 2.45) is 0 Å². The molecule has 0 radical (unpaired) electrons. The largest absolute Gasteiger partial charge is 0.454 e. The molecule has 1 fully saturated rings. The zero-order valence-corrected chi connectivity index (χ0v) is 13.4. The second-order valence-electron chi connectivity index (χ2n) is 6.02. The molecule has 2 aromatic rings. The fourth-order valence-corrected chi connectivity index (χ4v) is 3.13. The fourth-order valence-electron chi connectivity index (χ4n) is 2.95. The lowest BCUT2D eigenvalue weighted by Gasteiger charge is -2.17. The molecule has 2 aromatic carbocycles. The Kier molecular flexibility index (Phi) is 3.23. The topological polar surface area (TPSA) is 47.6 Å². The summed E-state index contributed by atoms with van der Waals surface area (Å²) < 4.78 is 10.8. The second kappa shape index (κ2) is 5.17. The second-order valence-corrected chi connectivity index (χ2v) is 6.42. The maximum atomic E-state index is 12.8. The molecule has 1 aliphatic heterocycles. The van der Waals surface area contributed by atoms with Crippen molar-refractivity contribution >= 4 is 23.2 Å². The molecule has 1 saturated carbocycles. The minimum Gasteiger partial charge on any atom is -0.454 e. The van der Waals surface area contributed by atoms with E-state index in [-0.39, 0.29) is 12.7 Å². The van der Waals surface area contributed by atoms with Gasteiger partial charge in [-0.15, -0.1) is 0 Å². The molecule has 0 unspecified atom stereocenters. The summed E-state index contributed by atoms with van der Waals surface area (Å²) in [6.45, 7) is 2.14. The zero-order chi connectivity index (χ0) is 16.0. The summed E-state index contributed by atoms with van der Waals surface area (Å²) in [6.07, 6.45) is 1.66. The van der Waals surface area contributed by atoms with E-state index >= 15 is 0 Å². The number of carbonyl (C=O) groups is 1. The first-order chi connectivity index (χ1) is 11.1. The number of nitrogens with one attached hydrogen (secondary N) is 1. The third-order valence-corrected chi connectivity index (χ3v) is 5.04. The van der Waals surface area contributed by atoms with Crippen molar-refractivity contribution in [2.75, 3.05) is 12.1 Å². The van der Waals surface area contributed by atoms with Crippen LogP contribution in [-0.4, -0.2) is 12.7 Å². The fraction of sp³-hybridized carbons (Fsp3) is 0.278. The van der Waals surface area contributed by atoms with Gasteiger partial charge in [-0.25, -0.2) is 0 Å². The minimum absolute atomic E-state index is 0.00160. The van der Waals surface area contributed by atoms with Crippen molar-refractivity contribution < 1.29 is 14.3 Å². The van der Waals surface area contributed by atoms with Gasteiger partial charge in [-0.2, -0.15) is 0 Å². The Morgan fingerprint density at radius 2 is 1.96 bits per heavy atom. The lowest BCUT2D eigenvalue weighted by atomic mass is 9.94. The van der Waals surface area contributed by atoms with Crippen LogP contribution in [0.15, 0.2) is 36.4 Å². The van der Waals surface area contributed by atoms with Crippen molar-refractivity contribution in [1.82, 2.24) is 0 Å². The van der Waals surface area contributed by atoms with E-state index in [1.807, 2.05) is 43.3 Å². The average molecular weight is 330 g/mol. The highest BCUT2D eigenvalue weighted by Crippen LogP contribution is 2.51. The minimum atomic E-state index is -0.476. The Labute approximate surface area is 139 Å². The van der Waals surface area contributed by atoms with E-state index in [1.54, 1.807) is 0 Å². The van der Waals surface area contributed by atoms with Gasteiger partial charge in [0.15, 0.2) is 11.5 Å². The number of hydrogen-bond acceptors (Lipinski definition) is 3. The van der Waals surface area contributed by atoms with Gasteiger partial charge >= 0.3 is 0 Å². The Morgan fingerprint density at radius 1 is 1.17 bits per heavy atom. The smallest absolute Gasteiger partial charge is 0.235 e. The van der Waals surface area contributed by atoms with E-state index in [0.29, 0.717) is 10.8 Å². The molecule has 5 heteroatoms. The van der Waals surface area contributed by atoms with Crippen LogP contribution in [0, 0.1) is 6.92 Å². The number of benzene rings is 2. The van der Waals surface area contributed by atoms with Crippen LogP contribution in [0.3, 0.4) is 0 Å². The summed E-state index contributed by atoms with van der Waals surface area (Å²) >= 11 is 6.13. The first kappa shape index (κ1) is 14.4. The molecule has 2 aliphatic rings. The molecule has 1 amide bonds. The predicted molar refractivity (Wildman–Crippen MR) is 88.3 cm³/mol. The number of rotatable bonds is 3. The van der Waals surface area contributed by atoms with E-state index in [0.717, 1.165) is 35.4 Å². The van der Waals surface area contributed by atoms with E-state index in [1.165, 1.54) is 0 Å². The normalized spacial score (nSPS) is 17.0. The molecule has 0 spiro atoms.